The Kier molecular flexibility index (Phi) is 8.22. The summed E-state index contributed by atoms with van der Waals surface area (Å²) in [6.07, 6.45) is 0. The summed E-state index contributed by atoms with van der Waals surface area (Å²) in [5.41, 5.74) is 1.64. The summed E-state index contributed by atoms with van der Waals surface area (Å²) in [4.78, 5) is 4.35. The third-order valence-corrected chi connectivity index (χ3v) is 4.98. The lowest BCUT2D eigenvalue weighted by atomic mass is 10.2. The molecule has 3 N–H and O–H groups in total. The molecule has 0 radical (unpaired) electrons. The van der Waals surface area contributed by atoms with Gasteiger partial charge in [0.15, 0.2) is 5.96 Å². The average Bonchev–Trinajstić information content (AvgIpc) is 2.65. The van der Waals surface area contributed by atoms with E-state index in [4.69, 9.17) is 0 Å². The zero-order chi connectivity index (χ0) is 19.5. The van der Waals surface area contributed by atoms with Gasteiger partial charge in [-0.25, -0.2) is 22.5 Å². The first-order valence-corrected chi connectivity index (χ1v) is 10.4. The quantitative estimate of drug-likeness (QED) is 0.450. The molecule has 0 amide bonds. The Bertz CT molecular complexity index is 842. The van der Waals surface area contributed by atoms with Crippen molar-refractivity contribution in [3.63, 3.8) is 0 Å². The molecule has 0 bridgehead atoms. The largest absolute Gasteiger partial charge is 0.357 e. The van der Waals surface area contributed by atoms with Gasteiger partial charge >= 0.3 is 0 Å². The van der Waals surface area contributed by atoms with Crippen molar-refractivity contribution in [2.75, 3.05) is 18.8 Å². The van der Waals surface area contributed by atoms with Crippen molar-refractivity contribution in [2.45, 2.75) is 20.0 Å². The number of aliphatic imine (C=N–C) groups is 1. The molecule has 2 aromatic rings. The minimum absolute atomic E-state index is 0.0792. The van der Waals surface area contributed by atoms with Crippen LogP contribution in [0.15, 0.2) is 59.6 Å². The smallest absolute Gasteiger partial charge is 0.213 e. The second kappa shape index (κ2) is 10.6. The minimum atomic E-state index is -3.41. The second-order valence-electron chi connectivity index (χ2n) is 5.88. The first-order valence-electron chi connectivity index (χ1n) is 8.76. The monoisotopic (exact) mass is 392 g/mol. The SMILES string of the molecule is CCNC(=NCc1cccc(F)c1)NCCS(=O)(=O)NCc1ccccc1. The summed E-state index contributed by atoms with van der Waals surface area (Å²) in [6, 6.07) is 15.6. The molecule has 2 rings (SSSR count). The van der Waals surface area contributed by atoms with E-state index >= 15 is 0 Å². The molecule has 0 atom stereocenters. The van der Waals surface area contributed by atoms with Crippen LogP contribution in [-0.4, -0.2) is 33.2 Å². The molecule has 0 aromatic heterocycles. The molecule has 0 spiro atoms. The third-order valence-electron chi connectivity index (χ3n) is 3.66. The van der Waals surface area contributed by atoms with Gasteiger partial charge in [0.05, 0.1) is 12.3 Å². The number of hydrogen-bond acceptors (Lipinski definition) is 3. The van der Waals surface area contributed by atoms with Gasteiger partial charge in [-0.2, -0.15) is 0 Å². The minimum Gasteiger partial charge on any atom is -0.357 e. The number of nitrogens with one attached hydrogen (secondary N) is 3. The molecule has 0 aliphatic carbocycles. The summed E-state index contributed by atoms with van der Waals surface area (Å²) in [6.45, 7) is 3.31. The van der Waals surface area contributed by atoms with E-state index in [1.54, 1.807) is 12.1 Å². The molecular formula is C19H25FN4O2S. The van der Waals surface area contributed by atoms with Crippen molar-refractivity contribution in [3.05, 3.63) is 71.5 Å². The van der Waals surface area contributed by atoms with Gasteiger partial charge in [0.1, 0.15) is 5.82 Å². The summed E-state index contributed by atoms with van der Waals surface area (Å²) in [5, 5.41) is 6.03. The lowest BCUT2D eigenvalue weighted by Crippen LogP contribution is -2.41. The maximum absolute atomic E-state index is 13.2. The van der Waals surface area contributed by atoms with E-state index in [0.29, 0.717) is 19.0 Å². The Hall–Kier alpha value is -2.45. The Morgan fingerprint density at radius 2 is 1.78 bits per heavy atom. The van der Waals surface area contributed by atoms with Crippen molar-refractivity contribution in [3.8, 4) is 0 Å². The van der Waals surface area contributed by atoms with E-state index in [9.17, 15) is 12.8 Å². The van der Waals surface area contributed by atoms with Crippen molar-refractivity contribution in [1.29, 1.82) is 0 Å². The summed E-state index contributed by atoms with van der Waals surface area (Å²) in [7, 11) is -3.41. The molecule has 0 saturated carbocycles. The molecule has 146 valence electrons. The van der Waals surface area contributed by atoms with E-state index in [2.05, 4.69) is 20.3 Å². The van der Waals surface area contributed by atoms with Crippen LogP contribution in [0.2, 0.25) is 0 Å². The highest BCUT2D eigenvalue weighted by Gasteiger charge is 2.10. The van der Waals surface area contributed by atoms with Crippen LogP contribution in [0.1, 0.15) is 18.1 Å². The van der Waals surface area contributed by atoms with Gasteiger partial charge in [0.2, 0.25) is 10.0 Å². The number of benzene rings is 2. The second-order valence-corrected chi connectivity index (χ2v) is 7.80. The van der Waals surface area contributed by atoms with E-state index in [-0.39, 0.29) is 24.7 Å². The lowest BCUT2D eigenvalue weighted by Gasteiger charge is -2.12. The molecule has 0 heterocycles. The molecule has 8 heteroatoms. The lowest BCUT2D eigenvalue weighted by molar-refractivity contribution is 0.580. The van der Waals surface area contributed by atoms with Gasteiger partial charge in [-0.1, -0.05) is 42.5 Å². The number of guanidine groups is 1. The van der Waals surface area contributed by atoms with Gasteiger partial charge in [-0.05, 0) is 30.2 Å². The first kappa shape index (κ1) is 20.9. The van der Waals surface area contributed by atoms with Crippen LogP contribution in [0.25, 0.3) is 0 Å². The predicted octanol–water partition coefficient (Wildman–Crippen LogP) is 2.00. The van der Waals surface area contributed by atoms with E-state index in [1.807, 2.05) is 37.3 Å². The van der Waals surface area contributed by atoms with Crippen LogP contribution in [0.4, 0.5) is 4.39 Å². The van der Waals surface area contributed by atoms with E-state index < -0.39 is 10.0 Å². The molecule has 2 aromatic carbocycles. The molecule has 0 aliphatic heterocycles. The molecule has 0 saturated heterocycles. The Morgan fingerprint density at radius 3 is 2.48 bits per heavy atom. The zero-order valence-electron chi connectivity index (χ0n) is 15.3. The van der Waals surface area contributed by atoms with Crippen LogP contribution in [0, 0.1) is 5.82 Å². The number of rotatable bonds is 9. The fourth-order valence-corrected chi connectivity index (χ4v) is 3.21. The Balaban J connectivity index is 1.82. The predicted molar refractivity (Wildman–Crippen MR) is 106 cm³/mol. The number of halogens is 1. The van der Waals surface area contributed by atoms with Crippen LogP contribution >= 0.6 is 0 Å². The topological polar surface area (TPSA) is 82.6 Å². The highest BCUT2D eigenvalue weighted by Crippen LogP contribution is 2.04. The number of nitrogens with zero attached hydrogens (tertiary/aromatic N) is 1. The van der Waals surface area contributed by atoms with E-state index in [1.165, 1.54) is 12.1 Å². The first-order chi connectivity index (χ1) is 13.0. The summed E-state index contributed by atoms with van der Waals surface area (Å²) < 4.78 is 40.0. The standard InChI is InChI=1S/C19H25FN4O2S/c1-2-21-19(23-14-17-9-6-10-18(20)13-17)22-11-12-27(25,26)24-15-16-7-4-3-5-8-16/h3-10,13,24H,2,11-12,14-15H2,1H3,(H2,21,22,23). The Labute approximate surface area is 160 Å². The van der Waals surface area contributed by atoms with Crippen LogP contribution in [0.5, 0.6) is 0 Å². The fraction of sp³-hybridized carbons (Fsp3) is 0.316. The normalized spacial score (nSPS) is 12.0. The number of sulfonamides is 1. The maximum atomic E-state index is 13.2. The third kappa shape index (κ3) is 8.19. The molecule has 27 heavy (non-hydrogen) atoms. The van der Waals surface area contributed by atoms with Crippen LogP contribution < -0.4 is 15.4 Å². The summed E-state index contributed by atoms with van der Waals surface area (Å²) in [5.74, 6) is 0.0979. The highest BCUT2D eigenvalue weighted by atomic mass is 32.2. The molecule has 0 fully saturated rings. The molecule has 0 aliphatic rings. The van der Waals surface area contributed by atoms with Crippen molar-refractivity contribution >= 4 is 16.0 Å². The maximum Gasteiger partial charge on any atom is 0.213 e. The number of hydrogen-bond donors (Lipinski definition) is 3. The summed E-state index contributed by atoms with van der Waals surface area (Å²) >= 11 is 0. The average molecular weight is 393 g/mol. The van der Waals surface area contributed by atoms with Crippen LogP contribution in [0.3, 0.4) is 0 Å². The zero-order valence-corrected chi connectivity index (χ0v) is 16.1. The highest BCUT2D eigenvalue weighted by molar-refractivity contribution is 7.89. The van der Waals surface area contributed by atoms with Gasteiger partial charge < -0.3 is 10.6 Å². The van der Waals surface area contributed by atoms with Crippen molar-refractivity contribution < 1.29 is 12.8 Å². The van der Waals surface area contributed by atoms with E-state index in [0.717, 1.165) is 11.1 Å². The Morgan fingerprint density at radius 1 is 1.04 bits per heavy atom. The van der Waals surface area contributed by atoms with Crippen LogP contribution in [-0.2, 0) is 23.1 Å². The van der Waals surface area contributed by atoms with Gasteiger partial charge in [0.25, 0.3) is 0 Å². The van der Waals surface area contributed by atoms with Crippen molar-refractivity contribution in [2.24, 2.45) is 4.99 Å². The van der Waals surface area contributed by atoms with Gasteiger partial charge in [-0.3, -0.25) is 0 Å². The van der Waals surface area contributed by atoms with Crippen molar-refractivity contribution in [1.82, 2.24) is 15.4 Å². The molecular weight excluding hydrogens is 367 g/mol. The fourth-order valence-electron chi connectivity index (χ4n) is 2.31. The molecule has 6 nitrogen and oxygen atoms in total. The molecule has 0 unspecified atom stereocenters. The van der Waals surface area contributed by atoms with Gasteiger partial charge in [-0.15, -0.1) is 0 Å². The van der Waals surface area contributed by atoms with Gasteiger partial charge in [0, 0.05) is 19.6 Å².